The molecule has 17 heavy (non-hydrogen) atoms. The summed E-state index contributed by atoms with van der Waals surface area (Å²) in [5.41, 5.74) is 0.906. The molecule has 0 aliphatic rings. The molecule has 4 heteroatoms. The molecule has 2 N–H and O–H groups in total. The normalized spacial score (nSPS) is 11.9. The predicted octanol–water partition coefficient (Wildman–Crippen LogP) is 1.42. The van der Waals surface area contributed by atoms with E-state index in [9.17, 15) is 9.59 Å². The van der Waals surface area contributed by atoms with Crippen molar-refractivity contribution in [1.82, 2.24) is 5.32 Å². The number of carbonyl (C=O) groups excluding carboxylic acids is 2. The number of rotatable bonds is 5. The minimum Gasteiger partial charge on any atom is -0.508 e. The van der Waals surface area contributed by atoms with E-state index >= 15 is 0 Å². The summed E-state index contributed by atoms with van der Waals surface area (Å²) in [4.78, 5) is 22.7. The molecule has 0 bridgehead atoms. The van der Waals surface area contributed by atoms with Gasteiger partial charge in [0.15, 0.2) is 5.78 Å². The highest BCUT2D eigenvalue weighted by atomic mass is 16.3. The van der Waals surface area contributed by atoms with Crippen LogP contribution in [0.25, 0.3) is 0 Å². The summed E-state index contributed by atoms with van der Waals surface area (Å²) in [6, 6.07) is 6.13. The maximum atomic E-state index is 11.7. The molecule has 0 heterocycles. The molecule has 1 aromatic rings. The Morgan fingerprint density at radius 1 is 1.29 bits per heavy atom. The molecule has 0 aromatic heterocycles. The fourth-order valence-electron chi connectivity index (χ4n) is 1.60. The van der Waals surface area contributed by atoms with Gasteiger partial charge in [0.1, 0.15) is 5.75 Å². The molecule has 1 aromatic carbocycles. The van der Waals surface area contributed by atoms with Gasteiger partial charge in [-0.15, -0.1) is 0 Å². The number of benzene rings is 1. The minimum absolute atomic E-state index is 0.00766. The van der Waals surface area contributed by atoms with Gasteiger partial charge in [0, 0.05) is 13.3 Å². The number of ketones is 1. The third-order valence-electron chi connectivity index (χ3n) is 2.49. The number of aromatic hydroxyl groups is 1. The number of amides is 1. The monoisotopic (exact) mass is 235 g/mol. The molecule has 0 spiro atoms. The highest BCUT2D eigenvalue weighted by molar-refractivity contribution is 5.88. The Morgan fingerprint density at radius 3 is 2.35 bits per heavy atom. The molecule has 0 saturated carbocycles. The van der Waals surface area contributed by atoms with Crippen molar-refractivity contribution in [3.05, 3.63) is 29.8 Å². The number of nitrogens with one attached hydrogen (secondary N) is 1. The summed E-state index contributed by atoms with van der Waals surface area (Å²) in [6.07, 6.45) is 0.843. The summed E-state index contributed by atoms with van der Waals surface area (Å²) in [5, 5.41) is 11.8. The van der Waals surface area contributed by atoms with Crippen LogP contribution in [0.3, 0.4) is 0 Å². The Hall–Kier alpha value is -1.84. The molecule has 0 saturated heterocycles. The average molecular weight is 235 g/mol. The van der Waals surface area contributed by atoms with Crippen molar-refractivity contribution >= 4 is 11.7 Å². The third-order valence-corrected chi connectivity index (χ3v) is 2.49. The molecular formula is C13H17NO3. The molecule has 0 fully saturated rings. The van der Waals surface area contributed by atoms with Crippen LogP contribution >= 0.6 is 0 Å². The van der Waals surface area contributed by atoms with Gasteiger partial charge in [0.2, 0.25) is 5.91 Å². The smallest absolute Gasteiger partial charge is 0.217 e. The molecular weight excluding hydrogens is 218 g/mol. The van der Waals surface area contributed by atoms with Crippen molar-refractivity contribution in [1.29, 1.82) is 0 Å². The van der Waals surface area contributed by atoms with Gasteiger partial charge in [0.05, 0.1) is 6.04 Å². The first-order valence-corrected chi connectivity index (χ1v) is 5.60. The van der Waals surface area contributed by atoms with Gasteiger partial charge < -0.3 is 10.4 Å². The average Bonchev–Trinajstić information content (AvgIpc) is 2.29. The molecule has 1 amide bonds. The second-order valence-corrected chi connectivity index (χ2v) is 3.94. The van der Waals surface area contributed by atoms with Gasteiger partial charge in [-0.3, -0.25) is 9.59 Å². The van der Waals surface area contributed by atoms with Crippen molar-refractivity contribution in [2.24, 2.45) is 0 Å². The minimum atomic E-state index is -0.484. The lowest BCUT2D eigenvalue weighted by atomic mass is 10.0. The Balaban J connectivity index is 2.75. The zero-order chi connectivity index (χ0) is 12.8. The van der Waals surface area contributed by atoms with Gasteiger partial charge in [-0.25, -0.2) is 0 Å². The number of hydrogen-bond acceptors (Lipinski definition) is 3. The predicted molar refractivity (Wildman–Crippen MR) is 64.7 cm³/mol. The standard InChI is InChI=1S/C13H17NO3/c1-3-13(17)12(14-9(2)15)8-10-4-6-11(16)7-5-10/h4-7,12,16H,3,8H2,1-2H3,(H,14,15)/t12-/m0/s1. The van der Waals surface area contributed by atoms with E-state index in [2.05, 4.69) is 5.32 Å². The van der Waals surface area contributed by atoms with Crippen LogP contribution < -0.4 is 5.32 Å². The van der Waals surface area contributed by atoms with Gasteiger partial charge in [-0.1, -0.05) is 19.1 Å². The van der Waals surface area contributed by atoms with Crippen molar-refractivity contribution in [3.8, 4) is 5.75 Å². The highest BCUT2D eigenvalue weighted by Crippen LogP contribution is 2.12. The van der Waals surface area contributed by atoms with Gasteiger partial charge in [-0.05, 0) is 24.1 Å². The molecule has 4 nitrogen and oxygen atoms in total. The summed E-state index contributed by atoms with van der Waals surface area (Å²) < 4.78 is 0. The molecule has 1 rings (SSSR count). The first-order chi connectivity index (χ1) is 8.02. The van der Waals surface area contributed by atoms with E-state index in [4.69, 9.17) is 5.11 Å². The fraction of sp³-hybridized carbons (Fsp3) is 0.385. The number of phenols is 1. The number of hydrogen-bond donors (Lipinski definition) is 2. The number of Topliss-reactive ketones (excluding diaryl/α,β-unsaturated/α-hetero) is 1. The Bertz CT molecular complexity index is 398. The van der Waals surface area contributed by atoms with Crippen molar-refractivity contribution in [3.63, 3.8) is 0 Å². The van der Waals surface area contributed by atoms with Crippen LogP contribution in [0.1, 0.15) is 25.8 Å². The quantitative estimate of drug-likeness (QED) is 0.811. The lowest BCUT2D eigenvalue weighted by Crippen LogP contribution is -2.41. The van der Waals surface area contributed by atoms with Crippen LogP contribution in [0.15, 0.2) is 24.3 Å². The van der Waals surface area contributed by atoms with Crippen molar-refractivity contribution in [2.75, 3.05) is 0 Å². The largest absolute Gasteiger partial charge is 0.508 e. The van der Waals surface area contributed by atoms with Crippen LogP contribution in [0.5, 0.6) is 5.75 Å². The van der Waals surface area contributed by atoms with Crippen LogP contribution in [0.4, 0.5) is 0 Å². The van der Waals surface area contributed by atoms with Crippen LogP contribution in [0, 0.1) is 0 Å². The van der Waals surface area contributed by atoms with E-state index in [0.717, 1.165) is 5.56 Å². The summed E-state index contributed by atoms with van der Waals surface area (Å²) >= 11 is 0. The number of phenolic OH excluding ortho intramolecular Hbond substituents is 1. The third kappa shape index (κ3) is 4.26. The highest BCUT2D eigenvalue weighted by Gasteiger charge is 2.17. The zero-order valence-corrected chi connectivity index (χ0v) is 10.1. The van der Waals surface area contributed by atoms with E-state index in [1.165, 1.54) is 6.92 Å². The van der Waals surface area contributed by atoms with E-state index in [1.807, 2.05) is 0 Å². The van der Waals surface area contributed by atoms with E-state index in [1.54, 1.807) is 31.2 Å². The summed E-state index contributed by atoms with van der Waals surface area (Å²) in [5.74, 6) is -0.0181. The van der Waals surface area contributed by atoms with Gasteiger partial charge >= 0.3 is 0 Å². The zero-order valence-electron chi connectivity index (χ0n) is 10.1. The topological polar surface area (TPSA) is 66.4 Å². The first kappa shape index (κ1) is 13.2. The van der Waals surface area contributed by atoms with E-state index < -0.39 is 6.04 Å². The maximum absolute atomic E-state index is 11.7. The van der Waals surface area contributed by atoms with Crippen LogP contribution in [-0.4, -0.2) is 22.8 Å². The Labute approximate surface area is 101 Å². The molecule has 0 aliphatic heterocycles. The molecule has 0 unspecified atom stereocenters. The summed E-state index contributed by atoms with van der Waals surface area (Å²) in [7, 11) is 0. The van der Waals surface area contributed by atoms with Crippen molar-refractivity contribution < 1.29 is 14.7 Å². The van der Waals surface area contributed by atoms with Crippen LogP contribution in [0.2, 0.25) is 0 Å². The maximum Gasteiger partial charge on any atom is 0.217 e. The SMILES string of the molecule is CCC(=O)[C@H](Cc1ccc(O)cc1)NC(C)=O. The Morgan fingerprint density at radius 2 is 1.88 bits per heavy atom. The molecule has 92 valence electrons. The number of carbonyl (C=O) groups is 2. The Kier molecular flexibility index (Phi) is 4.69. The summed E-state index contributed by atoms with van der Waals surface area (Å²) in [6.45, 7) is 3.17. The molecule has 1 atom stereocenters. The second-order valence-electron chi connectivity index (χ2n) is 3.94. The van der Waals surface area contributed by atoms with Gasteiger partial charge in [0.25, 0.3) is 0 Å². The molecule has 0 aliphatic carbocycles. The lowest BCUT2D eigenvalue weighted by Gasteiger charge is -2.16. The molecule has 0 radical (unpaired) electrons. The lowest BCUT2D eigenvalue weighted by molar-refractivity contribution is -0.126. The second kappa shape index (κ2) is 6.03. The van der Waals surface area contributed by atoms with E-state index in [0.29, 0.717) is 12.8 Å². The van der Waals surface area contributed by atoms with E-state index in [-0.39, 0.29) is 17.4 Å². The fourth-order valence-corrected chi connectivity index (χ4v) is 1.60. The van der Waals surface area contributed by atoms with Gasteiger partial charge in [-0.2, -0.15) is 0 Å². The first-order valence-electron chi connectivity index (χ1n) is 5.60. The van der Waals surface area contributed by atoms with Crippen molar-refractivity contribution in [2.45, 2.75) is 32.7 Å². The van der Waals surface area contributed by atoms with Crippen LogP contribution in [-0.2, 0) is 16.0 Å².